The standard InChI is InChI=1S/C21H28N2O2.ClH/c1-16(2)14-20(22)21(24)23-13-12-17-8-10-19(11-9-17)25-15-18-6-4-3-5-7-18;/h3-11,16,20H,12-15,22H2,1-2H3,(H,23,24);1H/t20-;/m0./s1. The molecule has 142 valence electrons. The molecule has 0 aliphatic heterocycles. The fourth-order valence-corrected chi connectivity index (χ4v) is 2.57. The molecule has 0 unspecified atom stereocenters. The molecule has 0 aliphatic carbocycles. The number of nitrogens with one attached hydrogen (secondary N) is 1. The Kier molecular flexibility index (Phi) is 9.78. The predicted molar refractivity (Wildman–Crippen MR) is 109 cm³/mol. The molecule has 0 bridgehead atoms. The summed E-state index contributed by atoms with van der Waals surface area (Å²) in [6.07, 6.45) is 1.48. The highest BCUT2D eigenvalue weighted by atomic mass is 35.5. The first-order valence-corrected chi connectivity index (χ1v) is 8.83. The van der Waals surface area contributed by atoms with Crippen LogP contribution >= 0.6 is 12.4 Å². The van der Waals surface area contributed by atoms with Crippen molar-refractivity contribution in [1.82, 2.24) is 5.32 Å². The van der Waals surface area contributed by atoms with Crippen molar-refractivity contribution in [1.29, 1.82) is 0 Å². The molecule has 1 amide bonds. The van der Waals surface area contributed by atoms with Gasteiger partial charge in [0.15, 0.2) is 0 Å². The maximum absolute atomic E-state index is 11.9. The molecule has 1 atom stereocenters. The fraction of sp³-hybridized carbons (Fsp3) is 0.381. The zero-order valence-electron chi connectivity index (χ0n) is 15.5. The molecule has 0 heterocycles. The SMILES string of the molecule is CC(C)C[C@H](N)C(=O)NCCc1ccc(OCc2ccccc2)cc1.Cl. The molecular weight excluding hydrogens is 348 g/mol. The van der Waals surface area contributed by atoms with Crippen molar-refractivity contribution in [3.8, 4) is 5.75 Å². The number of hydrogen-bond donors (Lipinski definition) is 2. The Morgan fingerprint density at radius 1 is 1.04 bits per heavy atom. The minimum atomic E-state index is -0.422. The molecule has 0 radical (unpaired) electrons. The van der Waals surface area contributed by atoms with Gasteiger partial charge in [-0.15, -0.1) is 12.4 Å². The van der Waals surface area contributed by atoms with E-state index in [0.29, 0.717) is 25.5 Å². The first-order chi connectivity index (χ1) is 12.0. The van der Waals surface area contributed by atoms with Gasteiger partial charge in [-0.3, -0.25) is 4.79 Å². The van der Waals surface area contributed by atoms with E-state index in [1.807, 2.05) is 54.6 Å². The lowest BCUT2D eigenvalue weighted by atomic mass is 10.0. The third-order valence-electron chi connectivity index (χ3n) is 3.95. The first kappa shape index (κ1) is 22.0. The summed E-state index contributed by atoms with van der Waals surface area (Å²) in [5.41, 5.74) is 8.17. The average molecular weight is 377 g/mol. The van der Waals surface area contributed by atoms with Crippen molar-refractivity contribution in [2.24, 2.45) is 11.7 Å². The van der Waals surface area contributed by atoms with E-state index in [1.54, 1.807) is 0 Å². The zero-order chi connectivity index (χ0) is 18.1. The second-order valence-electron chi connectivity index (χ2n) is 6.70. The number of nitrogens with two attached hydrogens (primary N) is 1. The van der Waals surface area contributed by atoms with Gasteiger partial charge in [0, 0.05) is 6.54 Å². The molecule has 2 aromatic rings. The summed E-state index contributed by atoms with van der Waals surface area (Å²) in [6.45, 7) is 5.28. The van der Waals surface area contributed by atoms with Gasteiger partial charge in [-0.25, -0.2) is 0 Å². The molecule has 2 aromatic carbocycles. The number of ether oxygens (including phenoxy) is 1. The van der Waals surface area contributed by atoms with E-state index in [9.17, 15) is 4.79 Å². The van der Waals surface area contributed by atoms with E-state index in [2.05, 4.69) is 19.2 Å². The van der Waals surface area contributed by atoms with Crippen molar-refractivity contribution >= 4 is 18.3 Å². The maximum Gasteiger partial charge on any atom is 0.236 e. The van der Waals surface area contributed by atoms with Crippen LogP contribution in [0.3, 0.4) is 0 Å². The minimum Gasteiger partial charge on any atom is -0.489 e. The van der Waals surface area contributed by atoms with Crippen LogP contribution in [0.15, 0.2) is 54.6 Å². The lowest BCUT2D eigenvalue weighted by Crippen LogP contribution is -2.42. The Hall–Kier alpha value is -2.04. The summed E-state index contributed by atoms with van der Waals surface area (Å²) in [6, 6.07) is 17.6. The van der Waals surface area contributed by atoms with E-state index in [0.717, 1.165) is 23.3 Å². The number of rotatable bonds is 9. The molecule has 0 saturated carbocycles. The molecule has 5 heteroatoms. The summed E-state index contributed by atoms with van der Waals surface area (Å²) < 4.78 is 5.77. The lowest BCUT2D eigenvalue weighted by molar-refractivity contribution is -0.122. The summed E-state index contributed by atoms with van der Waals surface area (Å²) in [7, 11) is 0. The number of halogens is 1. The lowest BCUT2D eigenvalue weighted by Gasteiger charge is -2.14. The molecule has 4 nitrogen and oxygen atoms in total. The van der Waals surface area contributed by atoms with Gasteiger partial charge in [-0.05, 0) is 42.0 Å². The van der Waals surface area contributed by atoms with Gasteiger partial charge in [0.05, 0.1) is 6.04 Å². The van der Waals surface area contributed by atoms with Crippen molar-refractivity contribution in [2.45, 2.75) is 39.3 Å². The van der Waals surface area contributed by atoms with Crippen LogP contribution in [0.4, 0.5) is 0 Å². The molecule has 3 N–H and O–H groups in total. The van der Waals surface area contributed by atoms with Gasteiger partial charge in [-0.2, -0.15) is 0 Å². The Labute approximate surface area is 162 Å². The van der Waals surface area contributed by atoms with Crippen LogP contribution in [0.5, 0.6) is 5.75 Å². The summed E-state index contributed by atoms with van der Waals surface area (Å²) in [5, 5.41) is 2.90. The largest absolute Gasteiger partial charge is 0.489 e. The Balaban J connectivity index is 0.00000338. The number of carbonyl (C=O) groups excluding carboxylic acids is 1. The molecule has 0 aromatic heterocycles. The van der Waals surface area contributed by atoms with Gasteiger partial charge in [-0.1, -0.05) is 56.3 Å². The Morgan fingerprint density at radius 2 is 1.69 bits per heavy atom. The van der Waals surface area contributed by atoms with Crippen LogP contribution < -0.4 is 15.8 Å². The van der Waals surface area contributed by atoms with E-state index >= 15 is 0 Å². The topological polar surface area (TPSA) is 64.4 Å². The highest BCUT2D eigenvalue weighted by molar-refractivity contribution is 5.85. The molecule has 0 saturated heterocycles. The van der Waals surface area contributed by atoms with Crippen LogP contribution in [-0.2, 0) is 17.8 Å². The van der Waals surface area contributed by atoms with Crippen molar-refractivity contribution in [3.63, 3.8) is 0 Å². The summed E-state index contributed by atoms with van der Waals surface area (Å²) in [5.74, 6) is 1.19. The summed E-state index contributed by atoms with van der Waals surface area (Å²) >= 11 is 0. The molecule has 2 rings (SSSR count). The van der Waals surface area contributed by atoms with E-state index in [-0.39, 0.29) is 18.3 Å². The van der Waals surface area contributed by atoms with Crippen LogP contribution in [0.2, 0.25) is 0 Å². The third kappa shape index (κ3) is 7.89. The van der Waals surface area contributed by atoms with Crippen molar-refractivity contribution < 1.29 is 9.53 Å². The number of carbonyl (C=O) groups is 1. The molecule has 0 spiro atoms. The molecule has 0 fully saturated rings. The van der Waals surface area contributed by atoms with Gasteiger partial charge in [0.25, 0.3) is 0 Å². The zero-order valence-corrected chi connectivity index (χ0v) is 16.3. The second-order valence-corrected chi connectivity index (χ2v) is 6.70. The smallest absolute Gasteiger partial charge is 0.236 e. The molecule has 0 aliphatic rings. The number of benzene rings is 2. The van der Waals surface area contributed by atoms with Crippen LogP contribution in [-0.4, -0.2) is 18.5 Å². The quantitative estimate of drug-likeness (QED) is 0.701. The van der Waals surface area contributed by atoms with E-state index in [1.165, 1.54) is 0 Å². The average Bonchev–Trinajstić information content (AvgIpc) is 2.61. The Bertz CT molecular complexity index is 645. The molecular formula is C21H29ClN2O2. The van der Waals surface area contributed by atoms with Crippen LogP contribution in [0.25, 0.3) is 0 Å². The highest BCUT2D eigenvalue weighted by Crippen LogP contribution is 2.14. The van der Waals surface area contributed by atoms with E-state index < -0.39 is 6.04 Å². The number of hydrogen-bond acceptors (Lipinski definition) is 3. The predicted octanol–water partition coefficient (Wildman–Crippen LogP) is 3.72. The first-order valence-electron chi connectivity index (χ1n) is 8.83. The highest BCUT2D eigenvalue weighted by Gasteiger charge is 2.13. The van der Waals surface area contributed by atoms with Gasteiger partial charge in [0.1, 0.15) is 12.4 Å². The minimum absolute atomic E-state index is 0. The third-order valence-corrected chi connectivity index (χ3v) is 3.95. The summed E-state index contributed by atoms with van der Waals surface area (Å²) in [4.78, 5) is 11.9. The number of amides is 1. The normalized spacial score (nSPS) is 11.5. The van der Waals surface area contributed by atoms with E-state index in [4.69, 9.17) is 10.5 Å². The van der Waals surface area contributed by atoms with Gasteiger partial charge < -0.3 is 15.8 Å². The fourth-order valence-electron chi connectivity index (χ4n) is 2.57. The van der Waals surface area contributed by atoms with Gasteiger partial charge >= 0.3 is 0 Å². The van der Waals surface area contributed by atoms with Crippen LogP contribution in [0, 0.1) is 5.92 Å². The van der Waals surface area contributed by atoms with Gasteiger partial charge in [0.2, 0.25) is 5.91 Å². The monoisotopic (exact) mass is 376 g/mol. The van der Waals surface area contributed by atoms with Crippen molar-refractivity contribution in [2.75, 3.05) is 6.54 Å². The maximum atomic E-state index is 11.9. The second kappa shape index (κ2) is 11.6. The van der Waals surface area contributed by atoms with Crippen LogP contribution in [0.1, 0.15) is 31.4 Å². The molecule has 26 heavy (non-hydrogen) atoms. The Morgan fingerprint density at radius 3 is 2.31 bits per heavy atom. The van der Waals surface area contributed by atoms with Crippen molar-refractivity contribution in [3.05, 3.63) is 65.7 Å².